The van der Waals surface area contributed by atoms with Crippen LogP contribution in [-0.2, 0) is 16.4 Å². The van der Waals surface area contributed by atoms with Crippen molar-refractivity contribution in [2.45, 2.75) is 18.2 Å². The summed E-state index contributed by atoms with van der Waals surface area (Å²) >= 11 is 0. The number of hydrogen-bond donors (Lipinski definition) is 1. The van der Waals surface area contributed by atoms with Gasteiger partial charge in [-0.15, -0.1) is 0 Å². The van der Waals surface area contributed by atoms with Crippen LogP contribution in [0.25, 0.3) is 0 Å². The molecule has 5 heteroatoms. The molecule has 2 aromatic carbocycles. The fraction of sp³-hybridized carbons (Fsp3) is 0.188. The van der Waals surface area contributed by atoms with Gasteiger partial charge in [0.05, 0.1) is 4.90 Å². The summed E-state index contributed by atoms with van der Waals surface area (Å²) < 4.78 is 26.0. The second-order valence-corrected chi connectivity index (χ2v) is 6.38. The van der Waals surface area contributed by atoms with Crippen LogP contribution >= 0.6 is 0 Å². The normalized spacial score (nSPS) is 11.3. The van der Waals surface area contributed by atoms with Crippen molar-refractivity contribution in [3.05, 3.63) is 65.7 Å². The maximum atomic E-state index is 12.1. The van der Waals surface area contributed by atoms with Crippen molar-refractivity contribution in [1.29, 1.82) is 0 Å². The molecule has 21 heavy (non-hydrogen) atoms. The van der Waals surface area contributed by atoms with E-state index in [0.29, 0.717) is 12.1 Å². The van der Waals surface area contributed by atoms with Gasteiger partial charge in [-0.2, -0.15) is 0 Å². The molecular weight excluding hydrogens is 286 g/mol. The molecule has 0 heterocycles. The summed E-state index contributed by atoms with van der Waals surface area (Å²) in [5, 5.41) is 0. The molecule has 0 aliphatic heterocycles. The van der Waals surface area contributed by atoms with Crippen LogP contribution in [0.15, 0.2) is 59.5 Å². The summed E-state index contributed by atoms with van der Waals surface area (Å²) in [6.45, 7) is 2.07. The van der Waals surface area contributed by atoms with Crippen molar-refractivity contribution in [2.75, 3.05) is 6.54 Å². The number of rotatable bonds is 6. The molecule has 0 radical (unpaired) electrons. The number of nitrogens with one attached hydrogen (secondary N) is 1. The predicted molar refractivity (Wildman–Crippen MR) is 81.8 cm³/mol. The van der Waals surface area contributed by atoms with Gasteiger partial charge in [-0.05, 0) is 17.7 Å². The van der Waals surface area contributed by atoms with E-state index >= 15 is 0 Å². The van der Waals surface area contributed by atoms with E-state index in [-0.39, 0.29) is 17.1 Å². The number of carbonyl (C=O) groups is 1. The fourth-order valence-corrected chi connectivity index (χ4v) is 3.01. The Bertz CT molecular complexity index is 707. The van der Waals surface area contributed by atoms with Gasteiger partial charge in [-0.25, -0.2) is 13.1 Å². The van der Waals surface area contributed by atoms with Crippen molar-refractivity contribution < 1.29 is 13.2 Å². The molecule has 0 saturated heterocycles. The molecule has 110 valence electrons. The first-order chi connectivity index (χ1) is 10.0. The highest BCUT2D eigenvalue weighted by Crippen LogP contribution is 2.12. The molecule has 0 fully saturated rings. The third-order valence-electron chi connectivity index (χ3n) is 3.03. The number of sulfonamides is 1. The maximum absolute atomic E-state index is 12.1. The van der Waals surface area contributed by atoms with Crippen molar-refractivity contribution in [1.82, 2.24) is 4.72 Å². The topological polar surface area (TPSA) is 63.2 Å². The maximum Gasteiger partial charge on any atom is 0.240 e. The van der Waals surface area contributed by atoms with Crippen molar-refractivity contribution in [3.8, 4) is 0 Å². The highest BCUT2D eigenvalue weighted by Gasteiger charge is 2.13. The lowest BCUT2D eigenvalue weighted by Gasteiger charge is -2.06. The van der Waals surface area contributed by atoms with Gasteiger partial charge in [0.25, 0.3) is 0 Å². The van der Waals surface area contributed by atoms with Crippen LogP contribution < -0.4 is 4.72 Å². The van der Waals surface area contributed by atoms with Gasteiger partial charge in [-0.1, -0.05) is 49.4 Å². The highest BCUT2D eigenvalue weighted by atomic mass is 32.2. The molecule has 4 nitrogen and oxygen atoms in total. The molecule has 1 N–H and O–H groups in total. The van der Waals surface area contributed by atoms with Gasteiger partial charge < -0.3 is 0 Å². The molecule has 0 bridgehead atoms. The van der Waals surface area contributed by atoms with E-state index in [1.165, 1.54) is 12.1 Å². The molecule has 0 aromatic heterocycles. The SMILES string of the molecule is CCNS(=O)(=O)c1ccc(CC(=O)c2ccccc2)cc1. The minimum absolute atomic E-state index is 0.0119. The average molecular weight is 303 g/mol. The first-order valence-corrected chi connectivity index (χ1v) is 8.18. The van der Waals surface area contributed by atoms with Crippen LogP contribution in [0, 0.1) is 0 Å². The summed E-state index contributed by atoms with van der Waals surface area (Å²) in [4.78, 5) is 12.3. The summed E-state index contributed by atoms with van der Waals surface area (Å²) in [5.74, 6) is 0.0119. The molecule has 0 aliphatic carbocycles. The third-order valence-corrected chi connectivity index (χ3v) is 4.59. The number of ketones is 1. The molecule has 2 aromatic rings. The zero-order chi connectivity index (χ0) is 15.3. The van der Waals surface area contributed by atoms with Crippen LogP contribution in [0.5, 0.6) is 0 Å². The minimum atomic E-state index is -3.44. The first kappa shape index (κ1) is 15.4. The van der Waals surface area contributed by atoms with Crippen LogP contribution in [0.2, 0.25) is 0 Å². The Hall–Kier alpha value is -1.98. The summed E-state index contributed by atoms with van der Waals surface area (Å²) in [6.07, 6.45) is 0.256. The molecule has 0 amide bonds. The molecule has 0 unspecified atom stereocenters. The number of carbonyl (C=O) groups excluding carboxylic acids is 1. The molecule has 0 saturated carbocycles. The van der Waals surface area contributed by atoms with Crippen molar-refractivity contribution >= 4 is 15.8 Å². The first-order valence-electron chi connectivity index (χ1n) is 6.70. The zero-order valence-corrected chi connectivity index (χ0v) is 12.6. The van der Waals surface area contributed by atoms with E-state index in [0.717, 1.165) is 5.56 Å². The number of benzene rings is 2. The summed E-state index contributed by atoms with van der Waals surface area (Å²) in [5.41, 5.74) is 1.45. The second-order valence-electron chi connectivity index (χ2n) is 4.61. The van der Waals surface area contributed by atoms with E-state index in [2.05, 4.69) is 4.72 Å². The lowest BCUT2D eigenvalue weighted by Crippen LogP contribution is -2.23. The molecule has 0 spiro atoms. The van der Waals surface area contributed by atoms with Gasteiger partial charge in [0.15, 0.2) is 5.78 Å². The van der Waals surface area contributed by atoms with Gasteiger partial charge in [0, 0.05) is 18.5 Å². The van der Waals surface area contributed by atoms with E-state index in [4.69, 9.17) is 0 Å². The zero-order valence-electron chi connectivity index (χ0n) is 11.7. The smallest absolute Gasteiger partial charge is 0.240 e. The van der Waals surface area contributed by atoms with Crippen LogP contribution in [-0.4, -0.2) is 20.7 Å². The lowest BCUT2D eigenvalue weighted by molar-refractivity contribution is 0.0993. The van der Waals surface area contributed by atoms with Crippen LogP contribution in [0.4, 0.5) is 0 Å². The quantitative estimate of drug-likeness (QED) is 0.834. The molecule has 2 rings (SSSR count). The van der Waals surface area contributed by atoms with E-state index in [1.54, 1.807) is 31.2 Å². The Morgan fingerprint density at radius 1 is 1.00 bits per heavy atom. The van der Waals surface area contributed by atoms with E-state index < -0.39 is 10.0 Å². The standard InChI is InChI=1S/C16H17NO3S/c1-2-17-21(19,20)15-10-8-13(9-11-15)12-16(18)14-6-4-3-5-7-14/h3-11,17H,2,12H2,1H3. The third kappa shape index (κ3) is 4.00. The lowest BCUT2D eigenvalue weighted by atomic mass is 10.0. The molecular formula is C16H17NO3S. The monoisotopic (exact) mass is 303 g/mol. The average Bonchev–Trinajstić information content (AvgIpc) is 2.48. The Balaban J connectivity index is 2.12. The predicted octanol–water partition coefficient (Wildman–Crippen LogP) is 2.41. The van der Waals surface area contributed by atoms with Gasteiger partial charge in [-0.3, -0.25) is 4.79 Å². The van der Waals surface area contributed by atoms with E-state index in [1.807, 2.05) is 18.2 Å². The largest absolute Gasteiger partial charge is 0.294 e. The fourth-order valence-electron chi connectivity index (χ4n) is 1.97. The van der Waals surface area contributed by atoms with Crippen molar-refractivity contribution in [2.24, 2.45) is 0 Å². The van der Waals surface area contributed by atoms with Gasteiger partial charge in [0.2, 0.25) is 10.0 Å². The Labute approximate surface area is 124 Å². The Morgan fingerprint density at radius 3 is 2.19 bits per heavy atom. The van der Waals surface area contributed by atoms with Crippen molar-refractivity contribution in [3.63, 3.8) is 0 Å². The minimum Gasteiger partial charge on any atom is -0.294 e. The number of Topliss-reactive ketones (excluding diaryl/α,β-unsaturated/α-hetero) is 1. The second kappa shape index (κ2) is 6.65. The summed E-state index contributed by atoms with van der Waals surface area (Å²) in [6, 6.07) is 15.4. The number of hydrogen-bond acceptors (Lipinski definition) is 3. The van der Waals surface area contributed by atoms with Crippen LogP contribution in [0.1, 0.15) is 22.8 Å². The van der Waals surface area contributed by atoms with Gasteiger partial charge in [0.1, 0.15) is 0 Å². The summed E-state index contributed by atoms with van der Waals surface area (Å²) in [7, 11) is -3.44. The molecule has 0 aliphatic rings. The highest BCUT2D eigenvalue weighted by molar-refractivity contribution is 7.89. The molecule has 0 atom stereocenters. The van der Waals surface area contributed by atoms with Gasteiger partial charge >= 0.3 is 0 Å². The van der Waals surface area contributed by atoms with E-state index in [9.17, 15) is 13.2 Å². The Morgan fingerprint density at radius 2 is 1.62 bits per heavy atom. The van der Waals surface area contributed by atoms with Crippen LogP contribution in [0.3, 0.4) is 0 Å². The Kier molecular flexibility index (Phi) is 4.88.